The van der Waals surface area contributed by atoms with Crippen LogP contribution in [0.5, 0.6) is 23.0 Å². The molecular formula is C18H14N4O6. The summed E-state index contributed by atoms with van der Waals surface area (Å²) >= 11 is 0. The summed E-state index contributed by atoms with van der Waals surface area (Å²) in [6, 6.07) is 8.54. The zero-order chi connectivity index (χ0) is 19.9. The van der Waals surface area contributed by atoms with Gasteiger partial charge in [-0.25, -0.2) is 11.0 Å². The molecule has 0 saturated heterocycles. The van der Waals surface area contributed by atoms with Gasteiger partial charge in [-0.1, -0.05) is 0 Å². The number of nitrogens with zero attached hydrogens (tertiary/aromatic N) is 2. The summed E-state index contributed by atoms with van der Waals surface area (Å²) in [6.07, 6.45) is 5.90. The van der Waals surface area contributed by atoms with Crippen molar-refractivity contribution in [1.82, 2.24) is 20.9 Å². The lowest BCUT2D eigenvalue weighted by Crippen LogP contribution is -2.22. The zero-order valence-corrected chi connectivity index (χ0v) is 14.2. The Bertz CT molecular complexity index is 901. The highest BCUT2D eigenvalue weighted by molar-refractivity contribution is 6.02. The van der Waals surface area contributed by atoms with Gasteiger partial charge in [0.25, 0.3) is 11.8 Å². The SMILES string of the molecule is O=C(NO)c1cc(Oc2ccncc2)c(C(=O)NO)cc1Oc1ccncc1. The molecule has 0 unspecified atom stereocenters. The molecule has 2 amide bonds. The third-order valence-electron chi connectivity index (χ3n) is 3.53. The quantitative estimate of drug-likeness (QED) is 0.376. The maximum absolute atomic E-state index is 12.1. The van der Waals surface area contributed by atoms with E-state index in [0.29, 0.717) is 11.5 Å². The third-order valence-corrected chi connectivity index (χ3v) is 3.53. The monoisotopic (exact) mass is 382 g/mol. The molecule has 0 aliphatic carbocycles. The molecule has 0 spiro atoms. The maximum atomic E-state index is 12.1. The Kier molecular flexibility index (Phi) is 5.75. The Balaban J connectivity index is 2.10. The molecule has 4 N–H and O–H groups in total. The normalized spacial score (nSPS) is 10.1. The van der Waals surface area contributed by atoms with E-state index in [4.69, 9.17) is 19.9 Å². The highest BCUT2D eigenvalue weighted by Gasteiger charge is 2.22. The van der Waals surface area contributed by atoms with Crippen LogP contribution < -0.4 is 20.4 Å². The number of amides is 2. The summed E-state index contributed by atoms with van der Waals surface area (Å²) in [5.41, 5.74) is 2.80. The highest BCUT2D eigenvalue weighted by Crippen LogP contribution is 2.34. The van der Waals surface area contributed by atoms with E-state index >= 15 is 0 Å². The van der Waals surface area contributed by atoms with Gasteiger partial charge in [-0.2, -0.15) is 0 Å². The van der Waals surface area contributed by atoms with Crippen LogP contribution in [-0.4, -0.2) is 32.2 Å². The van der Waals surface area contributed by atoms with Crippen LogP contribution in [0.4, 0.5) is 0 Å². The van der Waals surface area contributed by atoms with Crippen molar-refractivity contribution < 1.29 is 29.5 Å². The molecule has 1 aromatic carbocycles. The smallest absolute Gasteiger partial charge is 0.278 e. The van der Waals surface area contributed by atoms with Gasteiger partial charge in [-0.3, -0.25) is 30.0 Å². The van der Waals surface area contributed by atoms with Gasteiger partial charge in [0.1, 0.15) is 23.0 Å². The summed E-state index contributed by atoms with van der Waals surface area (Å²) in [7, 11) is 0. The number of pyridine rings is 2. The number of carbonyl (C=O) groups excluding carboxylic acids is 2. The maximum Gasteiger partial charge on any atom is 0.278 e. The number of hydrogen-bond acceptors (Lipinski definition) is 8. The molecule has 0 aliphatic heterocycles. The van der Waals surface area contributed by atoms with Crippen LogP contribution in [0, 0.1) is 0 Å². The highest BCUT2D eigenvalue weighted by atomic mass is 16.5. The van der Waals surface area contributed by atoms with E-state index in [0.717, 1.165) is 0 Å². The first-order chi connectivity index (χ1) is 13.6. The van der Waals surface area contributed by atoms with Crippen molar-refractivity contribution in [2.24, 2.45) is 0 Å². The number of carbonyl (C=O) groups is 2. The third kappa shape index (κ3) is 4.20. The summed E-state index contributed by atoms with van der Waals surface area (Å²) in [5.74, 6) is -1.23. The molecule has 0 aliphatic rings. The number of nitrogens with one attached hydrogen (secondary N) is 2. The van der Waals surface area contributed by atoms with E-state index in [-0.39, 0.29) is 22.6 Å². The lowest BCUT2D eigenvalue weighted by molar-refractivity contribution is 0.0693. The number of rotatable bonds is 6. The molecule has 2 aromatic heterocycles. The van der Waals surface area contributed by atoms with Crippen molar-refractivity contribution in [2.45, 2.75) is 0 Å². The van der Waals surface area contributed by atoms with Crippen molar-refractivity contribution in [1.29, 1.82) is 0 Å². The standard InChI is InChI=1S/C18H14N4O6/c23-17(21-25)13-10-16(28-12-3-7-20-8-4-12)14(18(24)22-26)9-15(13)27-11-1-5-19-6-2-11/h1-10,25-26H,(H,21,23)(H,22,24). The minimum absolute atomic E-state index is 0.0570. The zero-order valence-electron chi connectivity index (χ0n) is 14.2. The fourth-order valence-electron chi connectivity index (χ4n) is 2.27. The summed E-state index contributed by atoms with van der Waals surface area (Å²) in [5, 5.41) is 18.1. The molecule has 10 heteroatoms. The predicted molar refractivity (Wildman–Crippen MR) is 93.6 cm³/mol. The van der Waals surface area contributed by atoms with Gasteiger partial charge in [0, 0.05) is 24.8 Å². The topological polar surface area (TPSA) is 143 Å². The Morgan fingerprint density at radius 2 is 1.07 bits per heavy atom. The Morgan fingerprint density at radius 1 is 0.714 bits per heavy atom. The minimum atomic E-state index is -0.889. The Labute approximate surface area is 158 Å². The molecule has 2 heterocycles. The van der Waals surface area contributed by atoms with Crippen molar-refractivity contribution >= 4 is 11.8 Å². The second-order valence-electron chi connectivity index (χ2n) is 5.30. The predicted octanol–water partition coefficient (Wildman–Crippen LogP) is 2.30. The first kappa shape index (κ1) is 18.8. The number of hydrogen-bond donors (Lipinski definition) is 4. The summed E-state index contributed by atoms with van der Waals surface area (Å²) < 4.78 is 11.3. The van der Waals surface area contributed by atoms with E-state index < -0.39 is 11.8 Å². The molecule has 0 atom stereocenters. The number of ether oxygens (including phenoxy) is 2. The second-order valence-corrected chi connectivity index (χ2v) is 5.30. The van der Waals surface area contributed by atoms with Crippen LogP contribution >= 0.6 is 0 Å². The van der Waals surface area contributed by atoms with Gasteiger partial charge < -0.3 is 9.47 Å². The molecule has 3 rings (SSSR count). The fraction of sp³-hybridized carbons (Fsp3) is 0. The van der Waals surface area contributed by atoms with E-state index in [2.05, 4.69) is 9.97 Å². The van der Waals surface area contributed by atoms with Crippen molar-refractivity contribution in [3.05, 3.63) is 72.3 Å². The molecular weight excluding hydrogens is 368 g/mol. The number of benzene rings is 1. The molecule has 0 fully saturated rings. The molecule has 0 saturated carbocycles. The first-order valence-electron chi connectivity index (χ1n) is 7.85. The lowest BCUT2D eigenvalue weighted by Gasteiger charge is -2.15. The van der Waals surface area contributed by atoms with Gasteiger partial charge >= 0.3 is 0 Å². The minimum Gasteiger partial charge on any atom is -0.456 e. The molecule has 10 nitrogen and oxygen atoms in total. The van der Waals surface area contributed by atoms with Gasteiger partial charge in [0.15, 0.2) is 0 Å². The van der Waals surface area contributed by atoms with E-state index in [9.17, 15) is 9.59 Å². The average Bonchev–Trinajstić information content (AvgIpc) is 2.74. The van der Waals surface area contributed by atoms with Gasteiger partial charge in [0.05, 0.1) is 11.1 Å². The van der Waals surface area contributed by atoms with E-state index in [1.165, 1.54) is 72.1 Å². The molecule has 0 radical (unpaired) electrons. The van der Waals surface area contributed by atoms with Crippen LogP contribution in [0.2, 0.25) is 0 Å². The first-order valence-corrected chi connectivity index (χ1v) is 7.85. The van der Waals surface area contributed by atoms with Crippen LogP contribution in [0.1, 0.15) is 20.7 Å². The van der Waals surface area contributed by atoms with E-state index in [1.807, 2.05) is 0 Å². The van der Waals surface area contributed by atoms with E-state index in [1.54, 1.807) is 0 Å². The van der Waals surface area contributed by atoms with Crippen molar-refractivity contribution in [3.8, 4) is 23.0 Å². The Morgan fingerprint density at radius 3 is 1.39 bits per heavy atom. The van der Waals surface area contributed by atoms with Gasteiger partial charge in [0.2, 0.25) is 0 Å². The molecule has 142 valence electrons. The second kappa shape index (κ2) is 8.58. The summed E-state index contributed by atoms with van der Waals surface area (Å²) in [4.78, 5) is 31.9. The number of hydroxylamine groups is 2. The fourth-order valence-corrected chi connectivity index (χ4v) is 2.27. The van der Waals surface area contributed by atoms with Gasteiger partial charge in [-0.05, 0) is 36.4 Å². The number of aromatic nitrogens is 2. The van der Waals surface area contributed by atoms with Crippen LogP contribution in [0.25, 0.3) is 0 Å². The lowest BCUT2D eigenvalue weighted by atomic mass is 10.1. The largest absolute Gasteiger partial charge is 0.456 e. The van der Waals surface area contributed by atoms with Crippen LogP contribution in [0.3, 0.4) is 0 Å². The molecule has 3 aromatic rings. The summed E-state index contributed by atoms with van der Waals surface area (Å²) in [6.45, 7) is 0. The molecule has 28 heavy (non-hydrogen) atoms. The average molecular weight is 382 g/mol. The van der Waals surface area contributed by atoms with Crippen LogP contribution in [0.15, 0.2) is 61.2 Å². The van der Waals surface area contributed by atoms with Gasteiger partial charge in [-0.15, -0.1) is 0 Å². The van der Waals surface area contributed by atoms with Crippen molar-refractivity contribution in [3.63, 3.8) is 0 Å². The Hall–Kier alpha value is -4.02. The van der Waals surface area contributed by atoms with Crippen molar-refractivity contribution in [2.75, 3.05) is 0 Å². The van der Waals surface area contributed by atoms with Crippen LogP contribution in [-0.2, 0) is 0 Å². The molecule has 0 bridgehead atoms.